The fraction of sp³-hybridized carbons (Fsp3) is 0.421. The molecule has 0 atom stereocenters. The maximum atomic E-state index is 12.7. The lowest BCUT2D eigenvalue weighted by Gasteiger charge is -2.33. The van der Waals surface area contributed by atoms with Gasteiger partial charge in [0.25, 0.3) is 0 Å². The highest BCUT2D eigenvalue weighted by molar-refractivity contribution is 9.11. The van der Waals surface area contributed by atoms with Crippen molar-refractivity contribution in [2.24, 2.45) is 0 Å². The number of carbonyl (C=O) groups excluding carboxylic acids is 1. The lowest BCUT2D eigenvalue weighted by atomic mass is 10.2. The second-order valence-corrected chi connectivity index (χ2v) is 9.36. The Morgan fingerprint density at radius 2 is 1.92 bits per heavy atom. The molecule has 4 nitrogen and oxygen atoms in total. The number of thiophene rings is 1. The first-order valence-corrected chi connectivity index (χ1v) is 10.5. The average Bonchev–Trinajstić information content (AvgIpc) is 3.22. The highest BCUT2D eigenvalue weighted by atomic mass is 79.9. The molecule has 0 radical (unpaired) electrons. The van der Waals surface area contributed by atoms with Gasteiger partial charge in [-0.05, 0) is 46.1 Å². The van der Waals surface area contributed by atoms with Crippen LogP contribution in [0.15, 0.2) is 40.2 Å². The molecule has 2 aromatic rings. The van der Waals surface area contributed by atoms with Crippen LogP contribution in [0.1, 0.15) is 10.4 Å². The lowest BCUT2D eigenvalue weighted by Crippen LogP contribution is -3.13. The van der Waals surface area contributed by atoms with Gasteiger partial charge in [0.15, 0.2) is 0 Å². The number of nitrogens with zero attached hydrogens (tertiary/aromatic N) is 2. The van der Waals surface area contributed by atoms with Crippen LogP contribution in [0, 0.1) is 0 Å². The third-order valence-electron chi connectivity index (χ3n) is 5.19. The van der Waals surface area contributed by atoms with E-state index in [4.69, 9.17) is 0 Å². The van der Waals surface area contributed by atoms with E-state index in [1.807, 2.05) is 11.3 Å². The van der Waals surface area contributed by atoms with Crippen LogP contribution < -0.4 is 9.80 Å². The van der Waals surface area contributed by atoms with E-state index in [0.717, 1.165) is 45.7 Å². The molecular formula is C19H23BrN3OS+. The molecule has 0 unspecified atom stereocenters. The molecule has 1 saturated heterocycles. The first-order chi connectivity index (χ1) is 12.2. The summed E-state index contributed by atoms with van der Waals surface area (Å²) in [4.78, 5) is 20.0. The third-order valence-corrected chi connectivity index (χ3v) is 6.81. The van der Waals surface area contributed by atoms with Gasteiger partial charge in [0.1, 0.15) is 6.54 Å². The van der Waals surface area contributed by atoms with Gasteiger partial charge in [0.05, 0.1) is 41.4 Å². The normalized spacial score (nSPS) is 17.8. The number of para-hydroxylation sites is 1. The Bertz CT molecular complexity index is 755. The molecule has 0 spiro atoms. The van der Waals surface area contributed by atoms with E-state index in [1.54, 1.807) is 4.90 Å². The summed E-state index contributed by atoms with van der Waals surface area (Å²) >= 11 is 5.34. The van der Waals surface area contributed by atoms with Crippen LogP contribution in [0.2, 0.25) is 0 Å². The number of halogens is 1. The molecule has 1 fully saturated rings. The van der Waals surface area contributed by atoms with E-state index in [-0.39, 0.29) is 5.91 Å². The zero-order valence-corrected chi connectivity index (χ0v) is 16.6. The Morgan fingerprint density at radius 3 is 2.68 bits per heavy atom. The van der Waals surface area contributed by atoms with Gasteiger partial charge in [-0.3, -0.25) is 4.79 Å². The molecule has 1 aromatic heterocycles. The molecule has 6 heteroatoms. The minimum atomic E-state index is 0.273. The van der Waals surface area contributed by atoms with Gasteiger partial charge in [0.2, 0.25) is 5.91 Å². The minimum Gasteiger partial charge on any atom is -0.362 e. The molecule has 2 aliphatic heterocycles. The van der Waals surface area contributed by atoms with Gasteiger partial charge in [-0.1, -0.05) is 18.2 Å². The van der Waals surface area contributed by atoms with Crippen molar-refractivity contribution >= 4 is 38.9 Å². The zero-order valence-electron chi connectivity index (χ0n) is 14.2. The number of fused-ring (bicyclic) bond motifs is 1. The number of benzene rings is 1. The Morgan fingerprint density at radius 1 is 1.12 bits per heavy atom. The Kier molecular flexibility index (Phi) is 5.10. The summed E-state index contributed by atoms with van der Waals surface area (Å²) in [7, 11) is 0. The average molecular weight is 421 g/mol. The summed E-state index contributed by atoms with van der Waals surface area (Å²) in [6, 6.07) is 12.8. The van der Waals surface area contributed by atoms with E-state index < -0.39 is 0 Å². The van der Waals surface area contributed by atoms with Crippen molar-refractivity contribution in [1.29, 1.82) is 0 Å². The van der Waals surface area contributed by atoms with E-state index in [1.165, 1.54) is 19.9 Å². The molecule has 0 aliphatic carbocycles. The van der Waals surface area contributed by atoms with Crippen LogP contribution in [0.25, 0.3) is 0 Å². The summed E-state index contributed by atoms with van der Waals surface area (Å²) in [5.41, 5.74) is 2.61. The Hall–Kier alpha value is -1.37. The van der Waals surface area contributed by atoms with Gasteiger partial charge in [-0.2, -0.15) is 0 Å². The highest BCUT2D eigenvalue weighted by Crippen LogP contribution is 2.27. The summed E-state index contributed by atoms with van der Waals surface area (Å²) < 4.78 is 1.20. The summed E-state index contributed by atoms with van der Waals surface area (Å²) in [6.07, 6.45) is 1.05. The number of rotatable bonds is 4. The molecule has 1 N–H and O–H groups in total. The number of nitrogens with one attached hydrogen (secondary N) is 1. The second-order valence-electron chi connectivity index (χ2n) is 6.81. The van der Waals surface area contributed by atoms with Gasteiger partial charge < -0.3 is 14.7 Å². The lowest BCUT2D eigenvalue weighted by molar-refractivity contribution is -0.917. The van der Waals surface area contributed by atoms with Crippen molar-refractivity contribution in [1.82, 2.24) is 4.90 Å². The van der Waals surface area contributed by atoms with Crippen molar-refractivity contribution in [3.8, 4) is 0 Å². The van der Waals surface area contributed by atoms with Crippen molar-refractivity contribution in [2.75, 3.05) is 44.2 Å². The van der Waals surface area contributed by atoms with Crippen molar-refractivity contribution in [3.63, 3.8) is 0 Å². The summed E-state index contributed by atoms with van der Waals surface area (Å²) in [5, 5.41) is 0. The van der Waals surface area contributed by atoms with Crippen LogP contribution in [-0.4, -0.2) is 50.1 Å². The minimum absolute atomic E-state index is 0.273. The molecule has 4 rings (SSSR count). The van der Waals surface area contributed by atoms with E-state index in [2.05, 4.69) is 62.1 Å². The molecular weight excluding hydrogens is 398 g/mol. The van der Waals surface area contributed by atoms with Crippen LogP contribution in [0.4, 0.5) is 5.69 Å². The molecule has 132 valence electrons. The number of hydrogen-bond acceptors (Lipinski definition) is 3. The number of anilines is 1. The number of piperazine rings is 1. The van der Waals surface area contributed by atoms with Crippen LogP contribution in [0.5, 0.6) is 0 Å². The number of hydrogen-bond donors (Lipinski definition) is 1. The number of quaternary nitrogens is 1. The predicted molar refractivity (Wildman–Crippen MR) is 105 cm³/mol. The largest absolute Gasteiger partial charge is 0.362 e. The molecule has 1 amide bonds. The van der Waals surface area contributed by atoms with E-state index >= 15 is 0 Å². The predicted octanol–water partition coefficient (Wildman–Crippen LogP) is 1.80. The van der Waals surface area contributed by atoms with Gasteiger partial charge in [-0.15, -0.1) is 11.3 Å². The van der Waals surface area contributed by atoms with Gasteiger partial charge in [0, 0.05) is 12.2 Å². The van der Waals surface area contributed by atoms with Crippen LogP contribution in [0.3, 0.4) is 0 Å². The van der Waals surface area contributed by atoms with E-state index in [9.17, 15) is 4.79 Å². The summed E-state index contributed by atoms with van der Waals surface area (Å²) in [5.74, 6) is 0.273. The van der Waals surface area contributed by atoms with Crippen molar-refractivity contribution in [3.05, 3.63) is 50.6 Å². The Labute approximate surface area is 161 Å². The van der Waals surface area contributed by atoms with Gasteiger partial charge >= 0.3 is 0 Å². The van der Waals surface area contributed by atoms with Gasteiger partial charge in [-0.25, -0.2) is 0 Å². The highest BCUT2D eigenvalue weighted by Gasteiger charge is 2.27. The molecule has 25 heavy (non-hydrogen) atoms. The van der Waals surface area contributed by atoms with Crippen LogP contribution in [-0.2, 0) is 17.8 Å². The van der Waals surface area contributed by atoms with Crippen LogP contribution >= 0.6 is 27.3 Å². The topological polar surface area (TPSA) is 28.0 Å². The maximum Gasteiger partial charge on any atom is 0.242 e. The standard InChI is InChI=1S/C19H22BrN3OS/c20-18-6-5-16(25-18)13-21-9-11-22(12-10-21)19(24)14-23-8-7-15-3-1-2-4-17(15)23/h1-6H,7-14H2/p+1. The first-order valence-electron chi connectivity index (χ1n) is 8.87. The first kappa shape index (κ1) is 17.1. The zero-order chi connectivity index (χ0) is 17.2. The molecule has 0 bridgehead atoms. The number of amides is 1. The molecule has 2 aliphatic rings. The Balaban J connectivity index is 1.28. The second kappa shape index (κ2) is 7.48. The molecule has 0 saturated carbocycles. The van der Waals surface area contributed by atoms with Crippen molar-refractivity contribution in [2.45, 2.75) is 13.0 Å². The fourth-order valence-electron chi connectivity index (χ4n) is 3.78. The van der Waals surface area contributed by atoms with E-state index in [0.29, 0.717) is 6.54 Å². The quantitative estimate of drug-likeness (QED) is 0.816. The van der Waals surface area contributed by atoms with Crippen molar-refractivity contribution < 1.29 is 9.69 Å². The monoisotopic (exact) mass is 420 g/mol. The molecule has 3 heterocycles. The summed E-state index contributed by atoms with van der Waals surface area (Å²) in [6.45, 7) is 6.37. The fourth-order valence-corrected chi connectivity index (χ4v) is 5.33. The third kappa shape index (κ3) is 3.91. The SMILES string of the molecule is O=C(CN1CCc2ccccc21)N1CC[NH+](Cc2ccc(Br)s2)CC1. The molecule has 1 aromatic carbocycles. The smallest absolute Gasteiger partial charge is 0.242 e. The maximum absolute atomic E-state index is 12.7. The number of carbonyl (C=O) groups is 1.